The van der Waals surface area contributed by atoms with Crippen LogP contribution in [-0.4, -0.2) is 39.4 Å². The van der Waals surface area contributed by atoms with Crippen molar-refractivity contribution in [1.29, 1.82) is 0 Å². The van der Waals surface area contributed by atoms with Gasteiger partial charge < -0.3 is 19.9 Å². The van der Waals surface area contributed by atoms with Crippen molar-refractivity contribution < 1.29 is 19.4 Å². The Hall–Kier alpha value is -3.81. The van der Waals surface area contributed by atoms with Crippen molar-refractivity contribution in [3.63, 3.8) is 0 Å². The third-order valence-corrected chi connectivity index (χ3v) is 5.82. The van der Waals surface area contributed by atoms with Crippen LogP contribution in [0.3, 0.4) is 0 Å². The van der Waals surface area contributed by atoms with Gasteiger partial charge in [-0.15, -0.1) is 5.10 Å². The van der Waals surface area contributed by atoms with Gasteiger partial charge in [0, 0.05) is 17.7 Å². The van der Waals surface area contributed by atoms with Crippen LogP contribution in [0.4, 0.5) is 5.95 Å². The largest absolute Gasteiger partial charge is 0.504 e. The van der Waals surface area contributed by atoms with Gasteiger partial charge in [-0.2, -0.15) is 4.98 Å². The average molecular weight is 432 g/mol. The molecule has 1 unspecified atom stereocenters. The first-order valence-electron chi connectivity index (χ1n) is 10.7. The molecule has 0 fully saturated rings. The molecule has 1 aromatic heterocycles. The van der Waals surface area contributed by atoms with Crippen LogP contribution in [0.2, 0.25) is 0 Å². The smallest absolute Gasteiger partial charge is 0.226 e. The summed E-state index contributed by atoms with van der Waals surface area (Å²) in [6.45, 7) is 2.28. The van der Waals surface area contributed by atoms with E-state index >= 15 is 0 Å². The van der Waals surface area contributed by atoms with Crippen LogP contribution in [-0.2, 0) is 4.79 Å². The number of nitrogens with one attached hydrogen (secondary N) is 1. The normalized spacial score (nSPS) is 17.4. The fourth-order valence-corrected chi connectivity index (χ4v) is 4.38. The number of ether oxygens (including phenoxy) is 2. The van der Waals surface area contributed by atoms with Gasteiger partial charge >= 0.3 is 0 Å². The van der Waals surface area contributed by atoms with Crippen LogP contribution in [0.1, 0.15) is 37.8 Å². The van der Waals surface area contributed by atoms with Crippen molar-refractivity contribution in [2.75, 3.05) is 19.0 Å². The Morgan fingerprint density at radius 3 is 2.84 bits per heavy atom. The molecule has 0 spiro atoms. The zero-order chi connectivity index (χ0) is 22.2. The van der Waals surface area contributed by atoms with Gasteiger partial charge in [0.1, 0.15) is 11.8 Å². The summed E-state index contributed by atoms with van der Waals surface area (Å²) < 4.78 is 12.8. The Kier molecular flexibility index (Phi) is 5.05. The summed E-state index contributed by atoms with van der Waals surface area (Å²) in [6, 6.07) is 12.3. The summed E-state index contributed by atoms with van der Waals surface area (Å²) >= 11 is 0. The number of hydrogen-bond donors (Lipinski definition) is 2. The zero-order valence-corrected chi connectivity index (χ0v) is 18.0. The van der Waals surface area contributed by atoms with Crippen molar-refractivity contribution in [3.8, 4) is 28.6 Å². The topological polar surface area (TPSA) is 98.5 Å². The Labute approximate surface area is 185 Å². The van der Waals surface area contributed by atoms with Gasteiger partial charge in [-0.05, 0) is 49.6 Å². The number of allylic oxidation sites excluding steroid dienone is 2. The molecular formula is C24H24N4O4. The SMILES string of the molecule is CCOc1cc(C2C3=C(CCCC3=O)Nc3nc(-c4ccccc4OC)nn32)ccc1O. The molecule has 0 saturated heterocycles. The van der Waals surface area contributed by atoms with Crippen molar-refractivity contribution >= 4 is 11.7 Å². The number of nitrogens with zero attached hydrogens (tertiary/aromatic N) is 3. The van der Waals surface area contributed by atoms with Gasteiger partial charge in [0.15, 0.2) is 23.1 Å². The van der Waals surface area contributed by atoms with Crippen molar-refractivity contribution in [2.45, 2.75) is 32.2 Å². The van der Waals surface area contributed by atoms with E-state index < -0.39 is 6.04 Å². The number of rotatable bonds is 5. The molecule has 0 amide bonds. The molecule has 164 valence electrons. The first-order valence-corrected chi connectivity index (χ1v) is 10.7. The summed E-state index contributed by atoms with van der Waals surface area (Å²) in [5, 5.41) is 18.3. The number of carbonyl (C=O) groups excluding carboxylic acids is 1. The van der Waals surface area contributed by atoms with E-state index in [9.17, 15) is 9.90 Å². The zero-order valence-electron chi connectivity index (χ0n) is 18.0. The van der Waals surface area contributed by atoms with Gasteiger partial charge in [0.25, 0.3) is 0 Å². The molecular weight excluding hydrogens is 408 g/mol. The van der Waals surface area contributed by atoms with E-state index in [0.29, 0.717) is 41.9 Å². The van der Waals surface area contributed by atoms with E-state index in [2.05, 4.69) is 5.32 Å². The highest BCUT2D eigenvalue weighted by atomic mass is 16.5. The summed E-state index contributed by atoms with van der Waals surface area (Å²) in [5.74, 6) is 2.27. The number of aromatic nitrogens is 3. The molecule has 0 saturated carbocycles. The predicted octanol–water partition coefficient (Wildman–Crippen LogP) is 4.08. The number of fused-ring (bicyclic) bond motifs is 1. The summed E-state index contributed by atoms with van der Waals surface area (Å²) in [7, 11) is 1.61. The Bertz CT molecular complexity index is 1230. The van der Waals surface area contributed by atoms with E-state index in [-0.39, 0.29) is 11.5 Å². The lowest BCUT2D eigenvalue weighted by Gasteiger charge is -2.32. The fourth-order valence-electron chi connectivity index (χ4n) is 4.38. The van der Waals surface area contributed by atoms with Crippen molar-refractivity contribution in [3.05, 3.63) is 59.3 Å². The number of carbonyl (C=O) groups is 1. The second-order valence-electron chi connectivity index (χ2n) is 7.76. The number of hydrogen-bond acceptors (Lipinski definition) is 7. The van der Waals surface area contributed by atoms with Crippen molar-refractivity contribution in [1.82, 2.24) is 14.8 Å². The maximum Gasteiger partial charge on any atom is 0.226 e. The summed E-state index contributed by atoms with van der Waals surface area (Å²) in [6.07, 6.45) is 2.06. The highest BCUT2D eigenvalue weighted by Crippen LogP contribution is 2.43. The Morgan fingerprint density at radius 2 is 2.03 bits per heavy atom. The van der Waals surface area contributed by atoms with Gasteiger partial charge in [-0.1, -0.05) is 18.2 Å². The number of anilines is 1. The quantitative estimate of drug-likeness (QED) is 0.627. The molecule has 1 aliphatic heterocycles. The van der Waals surface area contributed by atoms with E-state index in [0.717, 1.165) is 29.7 Å². The number of aromatic hydroxyl groups is 1. The molecule has 32 heavy (non-hydrogen) atoms. The maximum atomic E-state index is 13.0. The van der Waals surface area contributed by atoms with E-state index in [1.165, 1.54) is 0 Å². The number of ketones is 1. The molecule has 1 atom stereocenters. The highest BCUT2D eigenvalue weighted by Gasteiger charge is 2.37. The first-order chi connectivity index (χ1) is 15.6. The van der Waals surface area contributed by atoms with Gasteiger partial charge in [0.05, 0.1) is 19.3 Å². The molecule has 2 heterocycles. The van der Waals surface area contributed by atoms with E-state index in [1.54, 1.807) is 30.0 Å². The predicted molar refractivity (Wildman–Crippen MR) is 119 cm³/mol. The average Bonchev–Trinajstić information content (AvgIpc) is 3.23. The third kappa shape index (κ3) is 3.28. The number of phenols is 1. The molecule has 3 aromatic rings. The minimum Gasteiger partial charge on any atom is -0.504 e. The highest BCUT2D eigenvalue weighted by molar-refractivity contribution is 5.99. The van der Waals surface area contributed by atoms with Crippen LogP contribution in [0.25, 0.3) is 11.4 Å². The molecule has 8 nitrogen and oxygen atoms in total. The van der Waals surface area contributed by atoms with Gasteiger partial charge in [0.2, 0.25) is 5.95 Å². The second-order valence-corrected chi connectivity index (χ2v) is 7.76. The lowest BCUT2D eigenvalue weighted by molar-refractivity contribution is -0.116. The number of phenolic OH excluding ortho intramolecular Hbond substituents is 1. The van der Waals surface area contributed by atoms with Crippen LogP contribution >= 0.6 is 0 Å². The number of Topliss-reactive ketones (excluding diaryl/α,β-unsaturated/α-hetero) is 1. The first kappa shape index (κ1) is 20.1. The number of methoxy groups -OCH3 is 1. The molecule has 1 aliphatic carbocycles. The van der Waals surface area contributed by atoms with E-state index in [4.69, 9.17) is 19.6 Å². The fraction of sp³-hybridized carbons (Fsp3) is 0.292. The summed E-state index contributed by atoms with van der Waals surface area (Å²) in [4.78, 5) is 17.7. The molecule has 5 rings (SSSR count). The maximum absolute atomic E-state index is 13.0. The molecule has 0 bridgehead atoms. The summed E-state index contributed by atoms with van der Waals surface area (Å²) in [5.41, 5.74) is 3.13. The van der Waals surface area contributed by atoms with Gasteiger partial charge in [-0.25, -0.2) is 4.68 Å². The lowest BCUT2D eigenvalue weighted by Crippen LogP contribution is -2.31. The van der Waals surface area contributed by atoms with Crippen LogP contribution in [0, 0.1) is 0 Å². The molecule has 2 aliphatic rings. The third-order valence-electron chi connectivity index (χ3n) is 5.82. The minimum absolute atomic E-state index is 0.0576. The van der Waals surface area contributed by atoms with Crippen molar-refractivity contribution in [2.24, 2.45) is 0 Å². The monoisotopic (exact) mass is 432 g/mol. The van der Waals surface area contributed by atoms with Gasteiger partial charge in [-0.3, -0.25) is 4.79 Å². The Morgan fingerprint density at radius 1 is 1.19 bits per heavy atom. The molecule has 2 N–H and O–H groups in total. The number of para-hydroxylation sites is 1. The molecule has 2 aromatic carbocycles. The standard InChI is InChI=1S/C24H24N4O4/c1-3-32-20-13-14(11-12-17(20)29)22-21-16(8-6-9-18(21)30)25-24-26-23(27-28(22)24)15-7-4-5-10-19(15)31-2/h4-5,7,10-13,22,29H,3,6,8-9H2,1-2H3,(H,25,26,27). The second kappa shape index (κ2) is 8.03. The lowest BCUT2D eigenvalue weighted by atomic mass is 9.85. The van der Waals surface area contributed by atoms with Crippen LogP contribution < -0.4 is 14.8 Å². The Balaban J connectivity index is 1.68. The van der Waals surface area contributed by atoms with Crippen LogP contribution in [0.5, 0.6) is 17.2 Å². The number of benzene rings is 2. The van der Waals surface area contributed by atoms with E-state index in [1.807, 2.05) is 31.2 Å². The minimum atomic E-state index is -0.468. The molecule has 0 radical (unpaired) electrons. The van der Waals surface area contributed by atoms with Crippen LogP contribution in [0.15, 0.2) is 53.7 Å². The molecule has 8 heteroatoms.